The highest BCUT2D eigenvalue weighted by Crippen LogP contribution is 2.30. The van der Waals surface area contributed by atoms with Crippen molar-refractivity contribution in [2.75, 3.05) is 24.2 Å². The number of benzene rings is 2. The van der Waals surface area contributed by atoms with Crippen LogP contribution in [-0.4, -0.2) is 56.6 Å². The number of hydrogen-bond acceptors (Lipinski definition) is 5. The standard InChI is InChI=1S/C26H34Cl3N3O5S/c1-17(25(34)30-26(2,3)4)31(16-18-9-11-20(27)21(28)14-18)24(33)8-7-13-32(38(6,35)36)19-10-12-23(37-5)22(29)15-19/h9-12,14-15,17H,7-8,13,16H2,1-6H3,(H,30,34)/t17-/m1/s1. The molecule has 0 saturated carbocycles. The van der Waals surface area contributed by atoms with Crippen molar-refractivity contribution in [1.82, 2.24) is 10.2 Å². The Kier molecular flexibility index (Phi) is 11.2. The highest BCUT2D eigenvalue weighted by Gasteiger charge is 2.29. The third kappa shape index (κ3) is 9.22. The van der Waals surface area contributed by atoms with E-state index in [0.717, 1.165) is 6.26 Å². The normalized spacial score (nSPS) is 12.6. The molecule has 210 valence electrons. The van der Waals surface area contributed by atoms with E-state index in [1.807, 2.05) is 20.8 Å². The topological polar surface area (TPSA) is 96.0 Å². The summed E-state index contributed by atoms with van der Waals surface area (Å²) in [5.41, 5.74) is 0.573. The number of nitrogens with one attached hydrogen (secondary N) is 1. The molecule has 12 heteroatoms. The molecule has 2 aromatic carbocycles. The lowest BCUT2D eigenvalue weighted by atomic mass is 10.1. The van der Waals surface area contributed by atoms with Crippen LogP contribution in [-0.2, 0) is 26.2 Å². The first-order chi connectivity index (χ1) is 17.5. The minimum absolute atomic E-state index is 0.00433. The van der Waals surface area contributed by atoms with Crippen LogP contribution in [0, 0.1) is 0 Å². The van der Waals surface area contributed by atoms with Crippen molar-refractivity contribution in [3.63, 3.8) is 0 Å². The highest BCUT2D eigenvalue weighted by atomic mass is 35.5. The molecular weight excluding hydrogens is 573 g/mol. The van der Waals surface area contributed by atoms with Gasteiger partial charge >= 0.3 is 0 Å². The van der Waals surface area contributed by atoms with E-state index in [0.29, 0.717) is 27.0 Å². The van der Waals surface area contributed by atoms with E-state index >= 15 is 0 Å². The molecule has 2 aromatic rings. The molecule has 0 aromatic heterocycles. The second kappa shape index (κ2) is 13.2. The first-order valence-corrected chi connectivity index (χ1v) is 14.9. The SMILES string of the molecule is COc1ccc(N(CCCC(=O)N(Cc2ccc(Cl)c(Cl)c2)[C@H](C)C(=O)NC(C)(C)C)S(C)(=O)=O)cc1Cl. The van der Waals surface area contributed by atoms with Crippen LogP contribution in [0.5, 0.6) is 5.75 Å². The van der Waals surface area contributed by atoms with Crippen molar-refractivity contribution in [3.8, 4) is 5.75 Å². The average Bonchev–Trinajstić information content (AvgIpc) is 2.80. The number of hydrogen-bond donors (Lipinski definition) is 1. The minimum atomic E-state index is -3.66. The van der Waals surface area contributed by atoms with E-state index in [4.69, 9.17) is 39.5 Å². The summed E-state index contributed by atoms with van der Waals surface area (Å²) < 4.78 is 31.4. The van der Waals surface area contributed by atoms with E-state index in [-0.39, 0.29) is 42.8 Å². The molecule has 2 rings (SSSR count). The predicted molar refractivity (Wildman–Crippen MR) is 154 cm³/mol. The summed E-state index contributed by atoms with van der Waals surface area (Å²) in [4.78, 5) is 27.8. The predicted octanol–water partition coefficient (Wildman–Crippen LogP) is 5.53. The van der Waals surface area contributed by atoms with Gasteiger partial charge in [0.2, 0.25) is 21.8 Å². The smallest absolute Gasteiger partial charge is 0.242 e. The molecule has 0 aliphatic carbocycles. The Labute approximate surface area is 240 Å². The first-order valence-electron chi connectivity index (χ1n) is 11.9. The molecule has 0 radical (unpaired) electrons. The summed E-state index contributed by atoms with van der Waals surface area (Å²) in [6.07, 6.45) is 1.30. The Morgan fingerprint density at radius 1 is 1.03 bits per heavy atom. The zero-order chi connectivity index (χ0) is 28.8. The van der Waals surface area contributed by atoms with E-state index in [1.54, 1.807) is 37.3 Å². The minimum Gasteiger partial charge on any atom is -0.495 e. The molecule has 38 heavy (non-hydrogen) atoms. The number of halogens is 3. The van der Waals surface area contributed by atoms with Crippen LogP contribution in [0.15, 0.2) is 36.4 Å². The van der Waals surface area contributed by atoms with Crippen molar-refractivity contribution in [1.29, 1.82) is 0 Å². The van der Waals surface area contributed by atoms with Crippen molar-refractivity contribution in [2.45, 2.75) is 58.7 Å². The lowest BCUT2D eigenvalue weighted by Gasteiger charge is -2.32. The molecule has 0 unspecified atom stereocenters. The number of rotatable bonds is 11. The van der Waals surface area contributed by atoms with Crippen LogP contribution < -0.4 is 14.4 Å². The van der Waals surface area contributed by atoms with Gasteiger partial charge in [-0.25, -0.2) is 8.42 Å². The number of carbonyl (C=O) groups excluding carboxylic acids is 2. The van der Waals surface area contributed by atoms with Crippen molar-refractivity contribution < 1.29 is 22.7 Å². The lowest BCUT2D eigenvalue weighted by molar-refractivity contribution is -0.141. The third-order valence-electron chi connectivity index (χ3n) is 5.58. The van der Waals surface area contributed by atoms with E-state index in [9.17, 15) is 18.0 Å². The number of nitrogens with zero attached hydrogens (tertiary/aromatic N) is 2. The van der Waals surface area contributed by atoms with Crippen molar-refractivity contribution in [2.24, 2.45) is 0 Å². The fraction of sp³-hybridized carbons (Fsp3) is 0.462. The highest BCUT2D eigenvalue weighted by molar-refractivity contribution is 7.92. The van der Waals surface area contributed by atoms with Crippen LogP contribution in [0.2, 0.25) is 15.1 Å². The third-order valence-corrected chi connectivity index (χ3v) is 7.81. The maximum atomic E-state index is 13.4. The van der Waals surface area contributed by atoms with Gasteiger partial charge in [-0.05, 0) is 70.0 Å². The quantitative estimate of drug-likeness (QED) is 0.363. The maximum Gasteiger partial charge on any atom is 0.242 e. The summed E-state index contributed by atoms with van der Waals surface area (Å²) in [6, 6.07) is 8.89. The molecule has 8 nitrogen and oxygen atoms in total. The van der Waals surface area contributed by atoms with Crippen LogP contribution in [0.3, 0.4) is 0 Å². The Morgan fingerprint density at radius 2 is 1.68 bits per heavy atom. The molecule has 2 amide bonds. The second-order valence-electron chi connectivity index (χ2n) is 9.94. The molecule has 0 fully saturated rings. The van der Waals surface area contributed by atoms with Gasteiger partial charge in [-0.3, -0.25) is 13.9 Å². The second-order valence-corrected chi connectivity index (χ2v) is 13.1. The molecule has 0 aliphatic rings. The molecular formula is C26H34Cl3N3O5S. The molecule has 0 aliphatic heterocycles. The van der Waals surface area contributed by atoms with Gasteiger partial charge < -0.3 is 15.0 Å². The van der Waals surface area contributed by atoms with Gasteiger partial charge in [0.25, 0.3) is 0 Å². The summed E-state index contributed by atoms with van der Waals surface area (Å²) in [6.45, 7) is 7.38. The molecule has 1 N–H and O–H groups in total. The summed E-state index contributed by atoms with van der Waals surface area (Å²) in [5, 5.41) is 3.88. The van der Waals surface area contributed by atoms with Gasteiger partial charge in [0, 0.05) is 25.0 Å². The summed E-state index contributed by atoms with van der Waals surface area (Å²) in [7, 11) is -2.20. The monoisotopic (exact) mass is 605 g/mol. The number of sulfonamides is 1. The zero-order valence-corrected chi connectivity index (χ0v) is 25.4. The molecule has 0 heterocycles. The first kappa shape index (κ1) is 32.0. The Balaban J connectivity index is 2.24. The zero-order valence-electron chi connectivity index (χ0n) is 22.3. The largest absolute Gasteiger partial charge is 0.495 e. The van der Waals surface area contributed by atoms with Gasteiger partial charge in [0.15, 0.2) is 0 Å². The number of amides is 2. The van der Waals surface area contributed by atoms with Gasteiger partial charge in [-0.15, -0.1) is 0 Å². The number of carbonyl (C=O) groups is 2. The lowest BCUT2D eigenvalue weighted by Crippen LogP contribution is -2.52. The average molecular weight is 607 g/mol. The van der Waals surface area contributed by atoms with Crippen LogP contribution in [0.1, 0.15) is 46.1 Å². The number of ether oxygens (including phenoxy) is 1. The van der Waals surface area contributed by atoms with Gasteiger partial charge in [-0.1, -0.05) is 40.9 Å². The van der Waals surface area contributed by atoms with Crippen molar-refractivity contribution >= 4 is 62.3 Å². The summed E-state index contributed by atoms with van der Waals surface area (Å²) in [5.74, 6) is -0.204. The Morgan fingerprint density at radius 3 is 2.21 bits per heavy atom. The van der Waals surface area contributed by atoms with Gasteiger partial charge in [-0.2, -0.15) is 0 Å². The number of anilines is 1. The fourth-order valence-electron chi connectivity index (χ4n) is 3.71. The summed E-state index contributed by atoms with van der Waals surface area (Å²) >= 11 is 18.4. The Hall–Kier alpha value is -2.20. The van der Waals surface area contributed by atoms with E-state index in [1.165, 1.54) is 22.4 Å². The molecule has 0 spiro atoms. The van der Waals surface area contributed by atoms with Crippen LogP contribution >= 0.6 is 34.8 Å². The van der Waals surface area contributed by atoms with Crippen molar-refractivity contribution in [3.05, 3.63) is 57.0 Å². The Bertz CT molecular complexity index is 1270. The van der Waals surface area contributed by atoms with Crippen LogP contribution in [0.4, 0.5) is 5.69 Å². The number of methoxy groups -OCH3 is 1. The molecule has 0 bridgehead atoms. The van der Waals surface area contributed by atoms with Crippen LogP contribution in [0.25, 0.3) is 0 Å². The van der Waals surface area contributed by atoms with Gasteiger partial charge in [0.1, 0.15) is 11.8 Å². The molecule has 1 atom stereocenters. The fourth-order valence-corrected chi connectivity index (χ4v) is 5.24. The molecule has 0 saturated heterocycles. The van der Waals surface area contributed by atoms with E-state index < -0.39 is 21.6 Å². The maximum absolute atomic E-state index is 13.4. The van der Waals surface area contributed by atoms with E-state index in [2.05, 4.69) is 5.32 Å². The van der Waals surface area contributed by atoms with Gasteiger partial charge in [0.05, 0.1) is 34.1 Å².